The lowest BCUT2D eigenvalue weighted by molar-refractivity contribution is -0.138. The Hall–Kier alpha value is -14.4. The van der Waals surface area contributed by atoms with E-state index in [1.165, 1.54) is 73.1 Å². The number of nitrogen functional groups attached to an aromatic ring is 1. The molecule has 13 aromatic rings. The summed E-state index contributed by atoms with van der Waals surface area (Å²) in [6, 6.07) is 52.4. The van der Waals surface area contributed by atoms with Gasteiger partial charge in [0.05, 0.1) is 79.2 Å². The minimum atomic E-state index is -4.68. The normalized spacial score (nSPS) is 11.6. The number of aromatic nitrogens is 8. The predicted molar refractivity (Wildman–Crippen MR) is 380 cm³/mol. The molecule has 0 spiro atoms. The number of nitrogens with zero attached hydrogens (tertiary/aromatic N) is 10. The van der Waals surface area contributed by atoms with Gasteiger partial charge in [0, 0.05) is 74.2 Å². The van der Waals surface area contributed by atoms with Gasteiger partial charge in [-0.3, -0.25) is 0 Å². The van der Waals surface area contributed by atoms with Gasteiger partial charge in [0.25, 0.3) is 0 Å². The molecule has 0 unspecified atom stereocenters. The van der Waals surface area contributed by atoms with Crippen LogP contribution < -0.4 is 37.9 Å². The molecule has 0 atom stereocenters. The Morgan fingerprint density at radius 2 is 0.840 bits per heavy atom. The molecule has 0 bridgehead atoms. The number of alkyl halides is 9. The number of carboxylic acids is 2. The van der Waals surface area contributed by atoms with E-state index in [9.17, 15) is 64.4 Å². The van der Waals surface area contributed by atoms with E-state index in [4.69, 9.17) is 30.7 Å². The number of rotatable bonds is 21. The highest BCUT2D eigenvalue weighted by Crippen LogP contribution is 2.41. The summed E-state index contributed by atoms with van der Waals surface area (Å²) in [5.41, 5.74) is 15.9. The maximum Gasteiger partial charge on any atom is 0.416 e. The lowest BCUT2D eigenvalue weighted by atomic mass is 10.0. The number of aromatic carboxylic acids is 2. The number of hydrogen-bond acceptors (Lipinski definition) is 20. The molecule has 22 nitrogen and oxygen atoms in total. The number of carboxylic acid groups (broad SMARTS) is 2. The Balaban J connectivity index is 0.934. The van der Waals surface area contributed by atoms with Crippen molar-refractivity contribution in [3.8, 4) is 73.3 Å². The van der Waals surface area contributed by atoms with Crippen molar-refractivity contribution in [1.82, 2.24) is 39.9 Å². The maximum atomic E-state index is 14.0. The Labute approximate surface area is 593 Å². The second kappa shape index (κ2) is 29.3. The van der Waals surface area contributed by atoms with E-state index in [0.29, 0.717) is 67.6 Å². The van der Waals surface area contributed by atoms with Crippen LogP contribution in [-0.4, -0.2) is 67.1 Å². The molecule has 31 heteroatoms. The number of carbonyl (C=O) groups is 2. The standard InChI is InChI=1S/C75H50F9N17O5/c76-73(77,78)45-12-18-48(19-13-45)88-69-86-29-27-59(92-69)40-5-3-8-52(32-40)98-100-54-34-43(60-28-30-87-70(93-60)89-49-20-14-46(15-21-49)74(79,80)81)31-44(35-54)62-38-61(94-71(95-62)90-50-22-16-47(17-23-50)75(82,83)84)41-11-25-56(65(36-41)101-99-53-24-26-66(102)57(37-53)68(105)106)64-39-63(55-9-1-2-10-58(55)85)96-72(97-64)91-51-7-4-6-42(33-51)67(103)104/h1-39,98,100,102H,85H2,(H,103,104)(H,105,106)(H,86,88,92)(H,87,89,93)(H,90,94,95)(H,91,96,97). The average molecular weight is 1440 g/mol. The molecule has 0 saturated carbocycles. The molecule has 0 amide bonds. The number of para-hydroxylation sites is 1. The van der Waals surface area contributed by atoms with Gasteiger partial charge in [0.2, 0.25) is 23.8 Å². The first-order valence-electron chi connectivity index (χ1n) is 31.4. The highest BCUT2D eigenvalue weighted by molar-refractivity contribution is 5.92. The van der Waals surface area contributed by atoms with Gasteiger partial charge in [-0.15, -0.1) is 5.11 Å². The molecule has 4 heterocycles. The zero-order valence-electron chi connectivity index (χ0n) is 54.1. The van der Waals surface area contributed by atoms with Crippen molar-refractivity contribution < 1.29 is 64.4 Å². The number of hydrogen-bond donors (Lipinski definition) is 10. The van der Waals surface area contributed by atoms with Crippen LogP contribution in [0.4, 0.5) is 114 Å². The van der Waals surface area contributed by atoms with Gasteiger partial charge in [-0.1, -0.05) is 42.5 Å². The molecule has 4 aromatic heterocycles. The third kappa shape index (κ3) is 16.8. The van der Waals surface area contributed by atoms with E-state index in [0.717, 1.165) is 48.5 Å². The van der Waals surface area contributed by atoms with Crippen molar-refractivity contribution >= 4 is 86.9 Å². The highest BCUT2D eigenvalue weighted by Gasteiger charge is 2.32. The van der Waals surface area contributed by atoms with Crippen LogP contribution in [-0.2, 0) is 18.5 Å². The Morgan fingerprint density at radius 1 is 0.368 bits per heavy atom. The molecule has 11 N–H and O–H groups in total. The monoisotopic (exact) mass is 1440 g/mol. The molecular formula is C75H50F9N17O5. The summed E-state index contributed by atoms with van der Waals surface area (Å²) >= 11 is 0. The fourth-order valence-corrected chi connectivity index (χ4v) is 10.7. The summed E-state index contributed by atoms with van der Waals surface area (Å²) in [6.07, 6.45) is -10.9. The van der Waals surface area contributed by atoms with Crippen molar-refractivity contribution in [2.75, 3.05) is 37.9 Å². The summed E-state index contributed by atoms with van der Waals surface area (Å²) in [4.78, 5) is 61.6. The molecular weight excluding hydrogens is 1390 g/mol. The van der Waals surface area contributed by atoms with Gasteiger partial charge >= 0.3 is 30.5 Å². The molecule has 528 valence electrons. The molecule has 0 radical (unpaired) electrons. The van der Waals surface area contributed by atoms with Gasteiger partial charge in [-0.05, 0) is 182 Å². The van der Waals surface area contributed by atoms with E-state index >= 15 is 0 Å². The van der Waals surface area contributed by atoms with Crippen molar-refractivity contribution in [3.63, 3.8) is 0 Å². The van der Waals surface area contributed by atoms with Crippen molar-refractivity contribution in [1.29, 1.82) is 0 Å². The van der Waals surface area contributed by atoms with E-state index in [2.05, 4.69) is 57.3 Å². The Bertz CT molecular complexity index is 5520. The fraction of sp³-hybridized carbons (Fsp3) is 0.0400. The van der Waals surface area contributed by atoms with E-state index in [1.807, 2.05) is 0 Å². The predicted octanol–water partition coefficient (Wildman–Crippen LogP) is 19.4. The first-order chi connectivity index (χ1) is 50.8. The summed E-state index contributed by atoms with van der Waals surface area (Å²) in [6.45, 7) is 0. The minimum Gasteiger partial charge on any atom is -0.507 e. The number of hydrazine groups is 1. The fourth-order valence-electron chi connectivity index (χ4n) is 10.7. The third-order valence-corrected chi connectivity index (χ3v) is 15.9. The summed E-state index contributed by atoms with van der Waals surface area (Å²) in [7, 11) is 0. The van der Waals surface area contributed by atoms with E-state index in [1.54, 1.807) is 115 Å². The first kappa shape index (κ1) is 70.1. The van der Waals surface area contributed by atoms with Crippen LogP contribution in [0.1, 0.15) is 37.4 Å². The maximum absolute atomic E-state index is 14.0. The molecule has 0 aliphatic heterocycles. The van der Waals surface area contributed by atoms with Crippen LogP contribution in [0, 0.1) is 0 Å². The average Bonchev–Trinajstić information content (AvgIpc) is 0.781. The topological polar surface area (TPSA) is 321 Å². The molecule has 0 aliphatic rings. The molecule has 0 fully saturated rings. The van der Waals surface area contributed by atoms with Crippen LogP contribution in [0.15, 0.2) is 247 Å². The van der Waals surface area contributed by atoms with E-state index < -0.39 is 58.5 Å². The highest BCUT2D eigenvalue weighted by atomic mass is 19.4. The lowest BCUT2D eigenvalue weighted by Crippen LogP contribution is -2.09. The van der Waals surface area contributed by atoms with Crippen LogP contribution in [0.3, 0.4) is 0 Å². The number of azo groups is 1. The minimum absolute atomic E-state index is 0.00723. The van der Waals surface area contributed by atoms with Crippen LogP contribution >= 0.6 is 0 Å². The molecule has 0 aliphatic carbocycles. The summed E-state index contributed by atoms with van der Waals surface area (Å²) in [5.74, 6) is -3.27. The second-order valence-corrected chi connectivity index (χ2v) is 23.2. The van der Waals surface area contributed by atoms with Gasteiger partial charge in [0.1, 0.15) is 11.3 Å². The lowest BCUT2D eigenvalue weighted by Gasteiger charge is -2.16. The number of phenols is 1. The number of benzene rings is 9. The quantitative estimate of drug-likeness (QED) is 0.0138. The number of anilines is 11. The van der Waals surface area contributed by atoms with Crippen LogP contribution in [0.2, 0.25) is 0 Å². The number of nitrogens with two attached hydrogens (primary N) is 1. The Morgan fingerprint density at radius 3 is 1.42 bits per heavy atom. The SMILES string of the molecule is Nc1ccccc1-c1cc(-c2ccc(-c3cc(-c4cc(NNc5cccc(-c6ccnc(Nc7ccc(C(F)(F)F)cc7)n6)c5)cc(-c5ccnc(Nc6ccc(C(F)(F)F)cc6)n5)c4)nc(Nc4ccc(C(F)(F)F)cc4)n3)cc2N=Nc2ccc(O)c(C(=O)O)c2)nc(Nc2cccc(C(=O)O)c2)n1. The largest absolute Gasteiger partial charge is 0.507 e. The van der Waals surface area contributed by atoms with Gasteiger partial charge in [0.15, 0.2) is 0 Å². The summed E-state index contributed by atoms with van der Waals surface area (Å²) in [5, 5.41) is 51.3. The van der Waals surface area contributed by atoms with E-state index in [-0.39, 0.29) is 80.4 Å². The number of aromatic hydroxyl groups is 1. The third-order valence-electron chi connectivity index (χ3n) is 15.9. The van der Waals surface area contributed by atoms with Gasteiger partial charge in [-0.2, -0.15) is 44.6 Å². The molecule has 13 rings (SSSR count). The smallest absolute Gasteiger partial charge is 0.416 e. The molecule has 0 saturated heterocycles. The van der Waals surface area contributed by atoms with Gasteiger partial charge < -0.3 is 53.2 Å². The van der Waals surface area contributed by atoms with Crippen LogP contribution in [0.5, 0.6) is 5.75 Å². The summed E-state index contributed by atoms with van der Waals surface area (Å²) < 4.78 is 123. The second-order valence-electron chi connectivity index (χ2n) is 23.2. The molecule has 106 heavy (non-hydrogen) atoms. The number of nitrogens with one attached hydrogen (secondary N) is 6. The van der Waals surface area contributed by atoms with Gasteiger partial charge in [-0.25, -0.2) is 49.5 Å². The van der Waals surface area contributed by atoms with Crippen molar-refractivity contribution in [3.05, 3.63) is 265 Å². The molecule has 9 aromatic carbocycles. The first-order valence-corrected chi connectivity index (χ1v) is 31.4. The van der Waals surface area contributed by atoms with Crippen molar-refractivity contribution in [2.45, 2.75) is 18.5 Å². The van der Waals surface area contributed by atoms with Crippen LogP contribution in [0.25, 0.3) is 67.5 Å². The zero-order chi connectivity index (χ0) is 74.4. The number of halogens is 9. The zero-order valence-corrected chi connectivity index (χ0v) is 54.1. The Kier molecular flexibility index (Phi) is 19.4. The van der Waals surface area contributed by atoms with Crippen molar-refractivity contribution in [2.24, 2.45) is 10.2 Å².